The number of rotatable bonds is 9. The van der Waals surface area contributed by atoms with Crippen LogP contribution in [0.3, 0.4) is 0 Å². The Morgan fingerprint density at radius 2 is 2.06 bits per heavy atom. The number of nitrogens with one attached hydrogen (secondary N) is 2. The molecule has 6 nitrogen and oxygen atoms in total. The van der Waals surface area contributed by atoms with Crippen LogP contribution < -0.4 is 15.4 Å². The summed E-state index contributed by atoms with van der Waals surface area (Å²) in [6.45, 7) is 3.12. The molecule has 0 saturated heterocycles. The summed E-state index contributed by atoms with van der Waals surface area (Å²) in [5.41, 5.74) is 1.46. The number of hydrogen-bond acceptors (Lipinski definition) is 4. The fourth-order valence-electron chi connectivity index (χ4n) is 4.75. The van der Waals surface area contributed by atoms with Crippen LogP contribution in [0.5, 0.6) is 5.75 Å². The highest BCUT2D eigenvalue weighted by molar-refractivity contribution is 5.80. The summed E-state index contributed by atoms with van der Waals surface area (Å²) < 4.78 is 16.7. The lowest BCUT2D eigenvalue weighted by atomic mass is 9.83. The average Bonchev–Trinajstić information content (AvgIpc) is 3.49. The Morgan fingerprint density at radius 3 is 2.87 bits per heavy atom. The third-order valence-corrected chi connectivity index (χ3v) is 6.59. The Morgan fingerprint density at radius 1 is 1.19 bits per heavy atom. The predicted octanol–water partition coefficient (Wildman–Crippen LogP) is 4.48. The van der Waals surface area contributed by atoms with Gasteiger partial charge in [-0.1, -0.05) is 31.0 Å². The van der Waals surface area contributed by atoms with Crippen LogP contribution in [0.25, 0.3) is 0 Å². The summed E-state index contributed by atoms with van der Waals surface area (Å²) in [7, 11) is 1.79. The Balaban J connectivity index is 1.46. The number of guanidine groups is 1. The molecule has 1 aliphatic heterocycles. The van der Waals surface area contributed by atoms with E-state index in [-0.39, 0.29) is 11.5 Å². The summed E-state index contributed by atoms with van der Waals surface area (Å²) in [6, 6.07) is 12.4. The van der Waals surface area contributed by atoms with Crippen molar-refractivity contribution in [2.75, 3.05) is 33.4 Å². The third kappa shape index (κ3) is 5.82. The highest BCUT2D eigenvalue weighted by Crippen LogP contribution is 2.41. The van der Waals surface area contributed by atoms with E-state index in [2.05, 4.69) is 22.8 Å². The zero-order chi connectivity index (χ0) is 21.4. The number of benzene rings is 1. The van der Waals surface area contributed by atoms with Crippen LogP contribution in [-0.4, -0.2) is 39.4 Å². The Bertz CT molecular complexity index is 828. The first-order chi connectivity index (χ1) is 15.3. The van der Waals surface area contributed by atoms with Crippen LogP contribution in [0.15, 0.2) is 52.1 Å². The van der Waals surface area contributed by atoms with Crippen molar-refractivity contribution in [3.63, 3.8) is 0 Å². The topological polar surface area (TPSA) is 68.0 Å². The van der Waals surface area contributed by atoms with E-state index in [0.29, 0.717) is 6.61 Å². The molecule has 2 N–H and O–H groups in total. The fourth-order valence-corrected chi connectivity index (χ4v) is 4.75. The summed E-state index contributed by atoms with van der Waals surface area (Å²) >= 11 is 0. The summed E-state index contributed by atoms with van der Waals surface area (Å²) in [5, 5.41) is 7.23. The van der Waals surface area contributed by atoms with Gasteiger partial charge in [0.1, 0.15) is 11.5 Å². The lowest BCUT2D eigenvalue weighted by Gasteiger charge is -2.30. The van der Waals surface area contributed by atoms with Crippen LogP contribution in [0.2, 0.25) is 0 Å². The molecular formula is C25H35N3O3. The SMILES string of the molecule is COCCC1(CN=C(NCCc2ccco2)NC2CCOc3ccccc32)CCCC1. The van der Waals surface area contributed by atoms with E-state index in [0.717, 1.165) is 56.4 Å². The number of para-hydroxylation sites is 1. The van der Waals surface area contributed by atoms with Crippen molar-refractivity contribution in [3.05, 3.63) is 54.0 Å². The van der Waals surface area contributed by atoms with Crippen molar-refractivity contribution in [1.82, 2.24) is 10.6 Å². The summed E-state index contributed by atoms with van der Waals surface area (Å²) in [5.74, 6) is 2.82. The third-order valence-electron chi connectivity index (χ3n) is 6.59. The molecule has 0 bridgehead atoms. The van der Waals surface area contributed by atoms with Gasteiger partial charge in [0.25, 0.3) is 0 Å². The van der Waals surface area contributed by atoms with Gasteiger partial charge < -0.3 is 24.5 Å². The first-order valence-electron chi connectivity index (χ1n) is 11.6. The molecule has 0 spiro atoms. The van der Waals surface area contributed by atoms with Gasteiger partial charge in [-0.3, -0.25) is 4.99 Å². The first-order valence-corrected chi connectivity index (χ1v) is 11.6. The van der Waals surface area contributed by atoms with Crippen molar-refractivity contribution in [1.29, 1.82) is 0 Å². The maximum atomic E-state index is 5.84. The molecule has 168 valence electrons. The normalized spacial score (nSPS) is 20.2. The summed E-state index contributed by atoms with van der Waals surface area (Å²) in [4.78, 5) is 5.08. The van der Waals surface area contributed by atoms with Gasteiger partial charge in [-0.2, -0.15) is 0 Å². The first kappa shape index (κ1) is 21.8. The van der Waals surface area contributed by atoms with Gasteiger partial charge in [0, 0.05) is 45.2 Å². The summed E-state index contributed by atoms with van der Waals surface area (Å²) in [6.07, 6.45) is 9.60. The van der Waals surface area contributed by atoms with E-state index >= 15 is 0 Å². The standard InChI is InChI=1S/C25H35N3O3/c1-29-18-14-25(12-4-5-13-25)19-27-24(26-15-10-20-7-6-16-30-20)28-22-11-17-31-23-9-3-2-8-21(22)23/h2-3,6-9,16,22H,4-5,10-15,17-19H2,1H3,(H2,26,27,28). The van der Waals surface area contributed by atoms with Crippen LogP contribution >= 0.6 is 0 Å². The van der Waals surface area contributed by atoms with Crippen molar-refractivity contribution in [2.24, 2.45) is 10.4 Å². The van der Waals surface area contributed by atoms with Gasteiger partial charge in [0.15, 0.2) is 5.96 Å². The highest BCUT2D eigenvalue weighted by atomic mass is 16.5. The maximum Gasteiger partial charge on any atom is 0.191 e. The van der Waals surface area contributed by atoms with Crippen molar-refractivity contribution in [3.8, 4) is 5.75 Å². The zero-order valence-corrected chi connectivity index (χ0v) is 18.6. The second kappa shape index (κ2) is 10.7. The number of methoxy groups -OCH3 is 1. The molecule has 2 heterocycles. The van der Waals surface area contributed by atoms with Crippen molar-refractivity contribution in [2.45, 2.75) is 51.0 Å². The lowest BCUT2D eigenvalue weighted by molar-refractivity contribution is 0.141. The second-order valence-corrected chi connectivity index (χ2v) is 8.74. The van der Waals surface area contributed by atoms with Gasteiger partial charge in [0.05, 0.1) is 18.9 Å². The van der Waals surface area contributed by atoms with E-state index in [4.69, 9.17) is 18.9 Å². The number of nitrogens with zero attached hydrogens (tertiary/aromatic N) is 1. The van der Waals surface area contributed by atoms with Crippen LogP contribution in [0.4, 0.5) is 0 Å². The van der Waals surface area contributed by atoms with E-state index in [1.165, 1.54) is 31.2 Å². The molecule has 1 unspecified atom stereocenters. The quantitative estimate of drug-likeness (QED) is 0.458. The molecule has 1 aromatic carbocycles. The minimum Gasteiger partial charge on any atom is -0.493 e. The van der Waals surface area contributed by atoms with Gasteiger partial charge in [-0.25, -0.2) is 0 Å². The van der Waals surface area contributed by atoms with Crippen molar-refractivity contribution >= 4 is 5.96 Å². The van der Waals surface area contributed by atoms with E-state index in [1.807, 2.05) is 24.3 Å². The second-order valence-electron chi connectivity index (χ2n) is 8.74. The lowest BCUT2D eigenvalue weighted by Crippen LogP contribution is -2.42. The Kier molecular flexibility index (Phi) is 7.52. The Labute approximate surface area is 185 Å². The number of aliphatic imine (C=N–C) groups is 1. The van der Waals surface area contributed by atoms with Crippen LogP contribution in [0, 0.1) is 5.41 Å². The van der Waals surface area contributed by atoms with Gasteiger partial charge >= 0.3 is 0 Å². The molecule has 1 fully saturated rings. The number of fused-ring (bicyclic) bond motifs is 1. The molecule has 6 heteroatoms. The fraction of sp³-hybridized carbons (Fsp3) is 0.560. The minimum atomic E-state index is 0.193. The average molecular weight is 426 g/mol. The molecule has 0 radical (unpaired) electrons. The smallest absolute Gasteiger partial charge is 0.191 e. The molecule has 1 atom stereocenters. The number of furan rings is 1. The van der Waals surface area contributed by atoms with Crippen molar-refractivity contribution < 1.29 is 13.9 Å². The van der Waals surface area contributed by atoms with Gasteiger partial charge in [-0.05, 0) is 42.9 Å². The van der Waals surface area contributed by atoms with Gasteiger partial charge in [-0.15, -0.1) is 0 Å². The van der Waals surface area contributed by atoms with E-state index in [1.54, 1.807) is 13.4 Å². The van der Waals surface area contributed by atoms with Crippen LogP contribution in [-0.2, 0) is 11.2 Å². The highest BCUT2D eigenvalue weighted by Gasteiger charge is 2.33. The predicted molar refractivity (Wildman–Crippen MR) is 123 cm³/mol. The molecular weight excluding hydrogens is 390 g/mol. The molecule has 31 heavy (non-hydrogen) atoms. The molecule has 1 aromatic heterocycles. The molecule has 4 rings (SSSR count). The Hall–Kier alpha value is -2.47. The minimum absolute atomic E-state index is 0.193. The van der Waals surface area contributed by atoms with E-state index < -0.39 is 0 Å². The van der Waals surface area contributed by atoms with Crippen LogP contribution in [0.1, 0.15) is 55.9 Å². The zero-order valence-electron chi connectivity index (χ0n) is 18.6. The molecule has 1 aliphatic carbocycles. The monoisotopic (exact) mass is 425 g/mol. The largest absolute Gasteiger partial charge is 0.493 e. The maximum absolute atomic E-state index is 5.84. The molecule has 2 aliphatic rings. The number of hydrogen-bond donors (Lipinski definition) is 2. The number of ether oxygens (including phenoxy) is 2. The van der Waals surface area contributed by atoms with E-state index in [9.17, 15) is 0 Å². The molecule has 0 amide bonds. The molecule has 1 saturated carbocycles. The molecule has 2 aromatic rings. The van der Waals surface area contributed by atoms with Gasteiger partial charge in [0.2, 0.25) is 0 Å².